The summed E-state index contributed by atoms with van der Waals surface area (Å²) in [5.74, 6) is -0.258. The molecule has 160 valence electrons. The first kappa shape index (κ1) is 22.0. The third-order valence-corrected chi connectivity index (χ3v) is 5.90. The molecule has 30 heavy (non-hydrogen) atoms. The van der Waals surface area contributed by atoms with Crippen LogP contribution in [0.4, 0.5) is 10.5 Å². The van der Waals surface area contributed by atoms with Crippen LogP contribution in [0.3, 0.4) is 0 Å². The Bertz CT molecular complexity index is 978. The molecule has 1 fully saturated rings. The Morgan fingerprint density at radius 2 is 1.67 bits per heavy atom. The van der Waals surface area contributed by atoms with Crippen molar-refractivity contribution in [1.29, 1.82) is 0 Å². The fraction of sp³-hybridized carbons (Fsp3) is 0.364. The first-order chi connectivity index (χ1) is 14.3. The van der Waals surface area contributed by atoms with Gasteiger partial charge in [-0.05, 0) is 41.7 Å². The summed E-state index contributed by atoms with van der Waals surface area (Å²) in [6.45, 7) is 2.00. The van der Waals surface area contributed by atoms with Crippen LogP contribution in [-0.4, -0.2) is 43.2 Å². The molecule has 0 radical (unpaired) electrons. The van der Waals surface area contributed by atoms with E-state index in [4.69, 9.17) is 0 Å². The van der Waals surface area contributed by atoms with E-state index in [-0.39, 0.29) is 11.7 Å². The number of carbonyl (C=O) groups excluding carboxylic acids is 2. The summed E-state index contributed by atoms with van der Waals surface area (Å²) < 4.78 is 21.6. The van der Waals surface area contributed by atoms with Gasteiger partial charge < -0.3 is 5.11 Å². The minimum absolute atomic E-state index is 0.0701. The standard InChI is InChI=1S/C22H26N2O5S/c1-3-4-19(25)16-9-11-18(12-10-16)24-20(21(26)23(2)22(24)27)17-7-5-15(6-8-17)13-14-30(28)29/h5-12,19-20,25,30H,3-4,13-14H2,1-2H3. The fourth-order valence-corrected chi connectivity index (χ4v) is 4.04. The average Bonchev–Trinajstić information content (AvgIpc) is 2.97. The molecule has 0 spiro atoms. The Hall–Kier alpha value is -2.71. The molecule has 3 amide bonds. The van der Waals surface area contributed by atoms with Crippen LogP contribution in [0, 0.1) is 0 Å². The third kappa shape index (κ3) is 4.55. The van der Waals surface area contributed by atoms with Crippen molar-refractivity contribution >= 4 is 28.3 Å². The molecular weight excluding hydrogens is 404 g/mol. The minimum Gasteiger partial charge on any atom is -0.388 e. The lowest BCUT2D eigenvalue weighted by Crippen LogP contribution is -2.30. The number of likely N-dealkylation sites (N-methyl/N-ethyl adjacent to an activating group) is 1. The van der Waals surface area contributed by atoms with Gasteiger partial charge >= 0.3 is 6.03 Å². The van der Waals surface area contributed by atoms with Gasteiger partial charge in [-0.25, -0.2) is 13.2 Å². The smallest absolute Gasteiger partial charge is 0.332 e. The van der Waals surface area contributed by atoms with Gasteiger partial charge in [0.25, 0.3) is 5.91 Å². The Labute approximate surface area is 177 Å². The topological polar surface area (TPSA) is 95.0 Å². The first-order valence-corrected chi connectivity index (χ1v) is 11.3. The first-order valence-electron chi connectivity index (χ1n) is 9.93. The number of urea groups is 1. The van der Waals surface area contributed by atoms with E-state index in [1.54, 1.807) is 48.5 Å². The second kappa shape index (κ2) is 9.40. The SMILES string of the molecule is CCCC(O)c1ccc(N2C(=O)N(C)C(=O)C2c2ccc(CC[SH](=O)=O)cc2)cc1. The van der Waals surface area contributed by atoms with Gasteiger partial charge in [0, 0.05) is 12.7 Å². The molecule has 2 atom stereocenters. The normalized spacial score (nSPS) is 17.8. The van der Waals surface area contributed by atoms with Gasteiger partial charge in [-0.3, -0.25) is 14.6 Å². The van der Waals surface area contributed by atoms with E-state index >= 15 is 0 Å². The van der Waals surface area contributed by atoms with Crippen molar-refractivity contribution in [2.45, 2.75) is 38.3 Å². The summed E-state index contributed by atoms with van der Waals surface area (Å²) in [6.07, 6.45) is 1.35. The zero-order valence-corrected chi connectivity index (χ0v) is 17.9. The van der Waals surface area contributed by atoms with E-state index in [1.807, 2.05) is 6.92 Å². The van der Waals surface area contributed by atoms with Crippen LogP contribution >= 0.6 is 0 Å². The van der Waals surface area contributed by atoms with Gasteiger partial charge in [-0.2, -0.15) is 0 Å². The van der Waals surface area contributed by atoms with E-state index in [0.717, 1.165) is 22.4 Å². The highest BCUT2D eigenvalue weighted by molar-refractivity contribution is 7.72. The number of thiol groups is 1. The second-order valence-electron chi connectivity index (χ2n) is 7.40. The predicted molar refractivity (Wildman–Crippen MR) is 115 cm³/mol. The van der Waals surface area contributed by atoms with Crippen molar-refractivity contribution in [1.82, 2.24) is 4.90 Å². The van der Waals surface area contributed by atoms with Crippen LogP contribution in [0.15, 0.2) is 48.5 Å². The zero-order chi connectivity index (χ0) is 21.8. The summed E-state index contributed by atoms with van der Waals surface area (Å²) in [6, 6.07) is 12.9. The number of imide groups is 1. The maximum atomic E-state index is 12.8. The molecule has 1 N–H and O–H groups in total. The lowest BCUT2D eigenvalue weighted by Gasteiger charge is -2.23. The lowest BCUT2D eigenvalue weighted by molar-refractivity contribution is -0.126. The average molecular weight is 431 g/mol. The van der Waals surface area contributed by atoms with E-state index in [0.29, 0.717) is 24.1 Å². The number of aliphatic hydroxyl groups excluding tert-OH is 1. The largest absolute Gasteiger partial charge is 0.388 e. The van der Waals surface area contributed by atoms with Crippen molar-refractivity contribution in [2.24, 2.45) is 0 Å². The third-order valence-electron chi connectivity index (χ3n) is 5.31. The maximum absolute atomic E-state index is 12.8. The van der Waals surface area contributed by atoms with Gasteiger partial charge in [0.05, 0.1) is 11.9 Å². The summed E-state index contributed by atoms with van der Waals surface area (Å²) in [4.78, 5) is 28.1. The van der Waals surface area contributed by atoms with Crippen molar-refractivity contribution in [2.75, 3.05) is 17.7 Å². The van der Waals surface area contributed by atoms with Gasteiger partial charge in [0.2, 0.25) is 0 Å². The molecule has 7 nitrogen and oxygen atoms in total. The number of hydrogen-bond acceptors (Lipinski definition) is 5. The Balaban J connectivity index is 1.89. The van der Waals surface area contributed by atoms with E-state index in [9.17, 15) is 23.1 Å². The zero-order valence-electron chi connectivity index (χ0n) is 17.0. The number of carbonyl (C=O) groups is 2. The second-order valence-corrected chi connectivity index (χ2v) is 8.51. The molecule has 0 bridgehead atoms. The molecule has 2 unspecified atom stereocenters. The monoisotopic (exact) mass is 430 g/mol. The highest BCUT2D eigenvalue weighted by Gasteiger charge is 2.44. The van der Waals surface area contributed by atoms with Gasteiger partial charge in [0.1, 0.15) is 16.7 Å². The molecule has 1 aliphatic rings. The van der Waals surface area contributed by atoms with Gasteiger partial charge in [-0.1, -0.05) is 49.7 Å². The molecule has 8 heteroatoms. The molecule has 0 saturated carbocycles. The lowest BCUT2D eigenvalue weighted by atomic mass is 10.0. The summed E-state index contributed by atoms with van der Waals surface area (Å²) in [7, 11) is -0.984. The van der Waals surface area contributed by atoms with Crippen molar-refractivity contribution < 1.29 is 23.1 Å². The molecular formula is C22H26N2O5S. The predicted octanol–water partition coefficient (Wildman–Crippen LogP) is 2.81. The number of nitrogens with zero attached hydrogens (tertiary/aromatic N) is 2. The summed E-state index contributed by atoms with van der Waals surface area (Å²) in [5, 5.41) is 10.2. The minimum atomic E-state index is -2.44. The van der Waals surface area contributed by atoms with Crippen LogP contribution < -0.4 is 4.90 Å². The Kier molecular flexibility index (Phi) is 6.89. The molecule has 1 aliphatic heterocycles. The Morgan fingerprint density at radius 3 is 2.23 bits per heavy atom. The molecule has 0 aromatic heterocycles. The van der Waals surface area contributed by atoms with Crippen LogP contribution in [0.2, 0.25) is 0 Å². The van der Waals surface area contributed by atoms with Crippen LogP contribution in [0.5, 0.6) is 0 Å². The molecule has 0 aliphatic carbocycles. The van der Waals surface area contributed by atoms with Crippen LogP contribution in [0.1, 0.15) is 48.6 Å². The van der Waals surface area contributed by atoms with Crippen LogP contribution in [-0.2, 0) is 21.9 Å². The number of anilines is 1. The van der Waals surface area contributed by atoms with E-state index in [2.05, 4.69) is 0 Å². The number of amides is 3. The summed E-state index contributed by atoms with van der Waals surface area (Å²) >= 11 is 0. The summed E-state index contributed by atoms with van der Waals surface area (Å²) in [5.41, 5.74) is 2.85. The van der Waals surface area contributed by atoms with E-state index in [1.165, 1.54) is 11.9 Å². The molecule has 3 rings (SSSR count). The van der Waals surface area contributed by atoms with Crippen LogP contribution in [0.25, 0.3) is 0 Å². The van der Waals surface area contributed by atoms with Gasteiger partial charge in [-0.15, -0.1) is 0 Å². The number of hydrogen-bond donors (Lipinski definition) is 2. The number of aliphatic hydroxyl groups is 1. The number of benzene rings is 2. The fourth-order valence-electron chi connectivity index (χ4n) is 3.60. The number of aryl methyl sites for hydroxylation is 1. The maximum Gasteiger partial charge on any atom is 0.332 e. The highest BCUT2D eigenvalue weighted by Crippen LogP contribution is 2.35. The number of rotatable bonds is 8. The molecule has 2 aromatic rings. The molecule has 1 heterocycles. The molecule has 2 aromatic carbocycles. The van der Waals surface area contributed by atoms with E-state index < -0.39 is 28.9 Å². The van der Waals surface area contributed by atoms with Crippen molar-refractivity contribution in [3.8, 4) is 0 Å². The van der Waals surface area contributed by atoms with Crippen molar-refractivity contribution in [3.63, 3.8) is 0 Å². The highest BCUT2D eigenvalue weighted by atomic mass is 32.2. The Morgan fingerprint density at radius 1 is 1.03 bits per heavy atom. The quantitative estimate of drug-likeness (QED) is 0.496. The molecule has 1 saturated heterocycles. The van der Waals surface area contributed by atoms with Crippen molar-refractivity contribution in [3.05, 3.63) is 65.2 Å². The van der Waals surface area contributed by atoms with Gasteiger partial charge in [0.15, 0.2) is 0 Å².